The zero-order valence-corrected chi connectivity index (χ0v) is 11.5. The quantitative estimate of drug-likeness (QED) is 0.894. The molecule has 0 aromatic heterocycles. The first kappa shape index (κ1) is 14.8. The molecule has 1 N–H and O–H groups in total. The lowest BCUT2D eigenvalue weighted by Crippen LogP contribution is -2.04. The van der Waals surface area contributed by atoms with Crippen LogP contribution in [0.25, 0.3) is 0 Å². The lowest BCUT2D eigenvalue weighted by atomic mass is 10.1. The van der Waals surface area contributed by atoms with Crippen LogP contribution >= 0.6 is 11.6 Å². The monoisotopic (exact) mass is 292 g/mol. The molecule has 0 atom stereocenters. The van der Waals surface area contributed by atoms with Crippen LogP contribution in [0.1, 0.15) is 12.0 Å². The smallest absolute Gasteiger partial charge is 0.303 e. The highest BCUT2D eigenvalue weighted by Crippen LogP contribution is 2.33. The number of rotatable bonds is 5. The van der Waals surface area contributed by atoms with Crippen molar-refractivity contribution in [3.05, 3.63) is 22.7 Å². The maximum Gasteiger partial charge on any atom is 0.303 e. The minimum absolute atomic E-state index is 0.0297. The average molecular weight is 293 g/mol. The summed E-state index contributed by atoms with van der Waals surface area (Å²) in [5.41, 5.74) is 0.545. The van der Waals surface area contributed by atoms with E-state index in [9.17, 15) is 13.2 Å². The maximum atomic E-state index is 11.6. The number of halogens is 1. The molecule has 1 aromatic carbocycles. The zero-order valence-electron chi connectivity index (χ0n) is 9.94. The molecule has 0 aliphatic heterocycles. The molecule has 0 aliphatic carbocycles. The van der Waals surface area contributed by atoms with Crippen molar-refractivity contribution < 1.29 is 23.1 Å². The standard InChI is InChI=1S/C11H13ClO5S/c1-17-11-8(12)5-7(3-4-10(13)14)6-9(11)18(2,15)16/h5-6H,3-4H2,1-2H3,(H,13,14). The summed E-state index contributed by atoms with van der Waals surface area (Å²) < 4.78 is 28.2. The number of carbonyl (C=O) groups is 1. The molecule has 7 heteroatoms. The molecule has 1 aromatic rings. The Morgan fingerprint density at radius 3 is 2.50 bits per heavy atom. The molecule has 0 radical (unpaired) electrons. The molecule has 18 heavy (non-hydrogen) atoms. The van der Waals surface area contributed by atoms with E-state index in [1.807, 2.05) is 0 Å². The van der Waals surface area contributed by atoms with Gasteiger partial charge >= 0.3 is 5.97 Å². The summed E-state index contributed by atoms with van der Waals surface area (Å²) in [6.45, 7) is 0. The van der Waals surface area contributed by atoms with Crippen molar-refractivity contribution in [1.82, 2.24) is 0 Å². The molecule has 0 spiro atoms. The van der Waals surface area contributed by atoms with E-state index in [4.69, 9.17) is 21.4 Å². The Morgan fingerprint density at radius 1 is 1.44 bits per heavy atom. The van der Waals surface area contributed by atoms with E-state index in [0.29, 0.717) is 5.56 Å². The van der Waals surface area contributed by atoms with Crippen molar-refractivity contribution in [3.63, 3.8) is 0 Å². The average Bonchev–Trinajstić information content (AvgIpc) is 2.24. The summed E-state index contributed by atoms with van der Waals surface area (Å²) in [4.78, 5) is 10.5. The second-order valence-corrected chi connectivity index (χ2v) is 6.17. The second kappa shape index (κ2) is 5.58. The molecule has 0 unspecified atom stereocenters. The summed E-state index contributed by atoms with van der Waals surface area (Å²) >= 11 is 5.92. The number of aryl methyl sites for hydroxylation is 1. The topological polar surface area (TPSA) is 80.7 Å². The predicted molar refractivity (Wildman–Crippen MR) is 67.1 cm³/mol. The molecule has 1 rings (SSSR count). The number of benzene rings is 1. The summed E-state index contributed by atoms with van der Waals surface area (Å²) in [6, 6.07) is 2.90. The molecule has 100 valence electrons. The summed E-state index contributed by atoms with van der Waals surface area (Å²) in [5.74, 6) is -0.874. The van der Waals surface area contributed by atoms with Crippen molar-refractivity contribution in [3.8, 4) is 5.75 Å². The molecule has 0 aliphatic rings. The fourth-order valence-electron chi connectivity index (χ4n) is 1.49. The Kier molecular flexibility index (Phi) is 4.59. The van der Waals surface area contributed by atoms with Gasteiger partial charge < -0.3 is 9.84 Å². The third-order valence-corrected chi connectivity index (χ3v) is 3.68. The van der Waals surface area contributed by atoms with Gasteiger partial charge in [-0.05, 0) is 24.1 Å². The number of ether oxygens (including phenoxy) is 1. The van der Waals surface area contributed by atoms with Crippen LogP contribution in [-0.4, -0.2) is 32.9 Å². The van der Waals surface area contributed by atoms with E-state index < -0.39 is 15.8 Å². The third kappa shape index (κ3) is 3.61. The van der Waals surface area contributed by atoms with Gasteiger partial charge in [0.1, 0.15) is 4.90 Å². The lowest BCUT2D eigenvalue weighted by molar-refractivity contribution is -0.136. The summed E-state index contributed by atoms with van der Waals surface area (Å²) in [7, 11) is -2.16. The van der Waals surface area contributed by atoms with Crippen molar-refractivity contribution in [1.29, 1.82) is 0 Å². The highest BCUT2D eigenvalue weighted by Gasteiger charge is 2.18. The van der Waals surface area contributed by atoms with Gasteiger partial charge in [0.2, 0.25) is 0 Å². The van der Waals surface area contributed by atoms with Gasteiger partial charge in [-0.1, -0.05) is 11.6 Å². The number of sulfone groups is 1. The van der Waals surface area contributed by atoms with Gasteiger partial charge in [-0.15, -0.1) is 0 Å². The Morgan fingerprint density at radius 2 is 2.06 bits per heavy atom. The van der Waals surface area contributed by atoms with Gasteiger partial charge in [-0.3, -0.25) is 4.79 Å². The molecule has 0 amide bonds. The zero-order chi connectivity index (χ0) is 13.9. The van der Waals surface area contributed by atoms with Crippen LogP contribution in [0, 0.1) is 0 Å². The van der Waals surface area contributed by atoms with E-state index >= 15 is 0 Å². The lowest BCUT2D eigenvalue weighted by Gasteiger charge is -2.11. The minimum atomic E-state index is -3.49. The Balaban J connectivity index is 3.27. The largest absolute Gasteiger partial charge is 0.494 e. The van der Waals surface area contributed by atoms with E-state index in [0.717, 1.165) is 6.26 Å². The van der Waals surface area contributed by atoms with E-state index in [-0.39, 0.29) is 28.5 Å². The Labute approximate surface area is 110 Å². The highest BCUT2D eigenvalue weighted by molar-refractivity contribution is 7.90. The summed E-state index contributed by atoms with van der Waals surface area (Å²) in [6.07, 6.45) is 1.16. The number of hydrogen-bond acceptors (Lipinski definition) is 4. The molecule has 0 saturated heterocycles. The number of aliphatic carboxylic acids is 1. The van der Waals surface area contributed by atoms with Crippen LogP contribution < -0.4 is 4.74 Å². The van der Waals surface area contributed by atoms with Gasteiger partial charge in [0, 0.05) is 12.7 Å². The SMILES string of the molecule is COc1c(Cl)cc(CCC(=O)O)cc1S(C)(=O)=O. The van der Waals surface area contributed by atoms with Gasteiger partial charge in [0.05, 0.1) is 12.1 Å². The second-order valence-electron chi connectivity index (χ2n) is 3.77. The molecule has 0 heterocycles. The molecule has 0 bridgehead atoms. The van der Waals surface area contributed by atoms with E-state index in [2.05, 4.69) is 0 Å². The van der Waals surface area contributed by atoms with Crippen molar-refractivity contribution in [2.45, 2.75) is 17.7 Å². The fourth-order valence-corrected chi connectivity index (χ4v) is 2.76. The van der Waals surface area contributed by atoms with Crippen molar-refractivity contribution in [2.75, 3.05) is 13.4 Å². The highest BCUT2D eigenvalue weighted by atomic mass is 35.5. The van der Waals surface area contributed by atoms with E-state index in [1.54, 1.807) is 0 Å². The van der Waals surface area contributed by atoms with Crippen molar-refractivity contribution in [2.24, 2.45) is 0 Å². The molecule has 5 nitrogen and oxygen atoms in total. The first-order chi connectivity index (χ1) is 8.25. The Hall–Kier alpha value is -1.27. The van der Waals surface area contributed by atoms with E-state index in [1.165, 1.54) is 19.2 Å². The summed E-state index contributed by atoms with van der Waals surface area (Å²) in [5, 5.41) is 8.75. The molecular formula is C11H13ClO5S. The number of carboxylic acid groups (broad SMARTS) is 1. The van der Waals surface area contributed by atoms with Crippen LogP contribution in [0.15, 0.2) is 17.0 Å². The number of methoxy groups -OCH3 is 1. The van der Waals surface area contributed by atoms with Gasteiger partial charge in [0.15, 0.2) is 15.6 Å². The molecular weight excluding hydrogens is 280 g/mol. The van der Waals surface area contributed by atoms with Crippen LogP contribution in [0.3, 0.4) is 0 Å². The molecule has 0 fully saturated rings. The van der Waals surface area contributed by atoms with Crippen LogP contribution in [0.5, 0.6) is 5.75 Å². The van der Waals surface area contributed by atoms with Crippen molar-refractivity contribution >= 4 is 27.4 Å². The van der Waals surface area contributed by atoms with Crippen LogP contribution in [0.4, 0.5) is 0 Å². The normalized spacial score (nSPS) is 11.3. The maximum absolute atomic E-state index is 11.6. The minimum Gasteiger partial charge on any atom is -0.494 e. The van der Waals surface area contributed by atoms with Crippen LogP contribution in [0.2, 0.25) is 5.02 Å². The van der Waals surface area contributed by atoms with Gasteiger partial charge in [-0.2, -0.15) is 0 Å². The number of hydrogen-bond donors (Lipinski definition) is 1. The first-order valence-electron chi connectivity index (χ1n) is 5.04. The van der Waals surface area contributed by atoms with Gasteiger partial charge in [-0.25, -0.2) is 8.42 Å². The predicted octanol–water partition coefficient (Wildman–Crippen LogP) is 1.77. The third-order valence-electron chi connectivity index (χ3n) is 2.30. The Bertz CT molecular complexity index is 565. The fraction of sp³-hybridized carbons (Fsp3) is 0.364. The molecule has 0 saturated carbocycles. The van der Waals surface area contributed by atoms with Crippen LogP contribution in [-0.2, 0) is 21.1 Å². The first-order valence-corrected chi connectivity index (χ1v) is 7.31. The number of carboxylic acids is 1. The van der Waals surface area contributed by atoms with Gasteiger partial charge in [0.25, 0.3) is 0 Å².